The average Bonchev–Trinajstić information content (AvgIpc) is 3.72. The molecule has 2 aromatic carbocycles. The number of nitrogens with zero attached hydrogens (tertiary/aromatic N) is 1. The van der Waals surface area contributed by atoms with Gasteiger partial charge in [0.05, 0.1) is 6.54 Å². The van der Waals surface area contributed by atoms with Gasteiger partial charge >= 0.3 is 0 Å². The maximum atomic E-state index is 12.7. The molecule has 1 heterocycles. The first-order valence-electron chi connectivity index (χ1n) is 11.6. The quantitative estimate of drug-likeness (QED) is 0.555. The van der Waals surface area contributed by atoms with Gasteiger partial charge in [-0.2, -0.15) is 0 Å². The van der Waals surface area contributed by atoms with Gasteiger partial charge in [0.1, 0.15) is 0 Å². The van der Waals surface area contributed by atoms with Crippen molar-refractivity contribution in [3.63, 3.8) is 0 Å². The fourth-order valence-electron chi connectivity index (χ4n) is 4.11. The van der Waals surface area contributed by atoms with E-state index < -0.39 is 0 Å². The topological polar surface area (TPSA) is 99.7 Å². The lowest BCUT2D eigenvalue weighted by Crippen LogP contribution is -2.46. The number of nitrogens with one attached hydrogen (secondary N) is 3. The number of Topliss-reactive ketones (excluding diaryl/α,β-unsaturated/α-hetero) is 1. The number of ketones is 1. The Hall–Kier alpha value is -3.48. The Morgan fingerprint density at radius 3 is 2.67 bits per heavy atom. The lowest BCUT2D eigenvalue weighted by Gasteiger charge is -2.16. The van der Waals surface area contributed by atoms with Crippen molar-refractivity contribution in [2.75, 3.05) is 11.9 Å². The molecule has 7 nitrogen and oxygen atoms in total. The van der Waals surface area contributed by atoms with E-state index in [1.54, 1.807) is 6.07 Å². The number of rotatable bonds is 7. The maximum Gasteiger partial charge on any atom is 0.257 e. The molecule has 0 unspecified atom stereocenters. The molecule has 2 aliphatic carbocycles. The van der Waals surface area contributed by atoms with Gasteiger partial charge in [-0.3, -0.25) is 30.0 Å². The number of benzene rings is 2. The Kier molecular flexibility index (Phi) is 5.48. The van der Waals surface area contributed by atoms with E-state index in [9.17, 15) is 14.4 Å². The Morgan fingerprint density at radius 2 is 1.94 bits per heavy atom. The molecule has 0 spiro atoms. The third-order valence-electron chi connectivity index (χ3n) is 6.58. The Labute approximate surface area is 193 Å². The minimum atomic E-state index is -0.300. The third-order valence-corrected chi connectivity index (χ3v) is 6.58. The molecule has 2 amide bonds. The molecule has 1 aliphatic heterocycles. The second-order valence-electron chi connectivity index (χ2n) is 9.68. The van der Waals surface area contributed by atoms with Crippen molar-refractivity contribution in [3.8, 4) is 0 Å². The normalized spacial score (nSPS) is 18.7. The predicted molar refractivity (Wildman–Crippen MR) is 127 cm³/mol. The summed E-state index contributed by atoms with van der Waals surface area (Å²) in [6, 6.07) is 13.2. The minimum absolute atomic E-state index is 0.148. The highest BCUT2D eigenvalue weighted by Crippen LogP contribution is 2.49. The monoisotopic (exact) mass is 444 g/mol. The molecular formula is C26H28N4O3. The molecule has 5 rings (SSSR count). The van der Waals surface area contributed by atoms with Crippen molar-refractivity contribution < 1.29 is 14.4 Å². The van der Waals surface area contributed by atoms with E-state index in [0.717, 1.165) is 48.2 Å². The fraction of sp³-hybridized carbons (Fsp3) is 0.385. The van der Waals surface area contributed by atoms with Crippen LogP contribution in [0.1, 0.15) is 77.6 Å². The van der Waals surface area contributed by atoms with E-state index >= 15 is 0 Å². The summed E-state index contributed by atoms with van der Waals surface area (Å²) in [7, 11) is 0. The second-order valence-corrected chi connectivity index (χ2v) is 9.68. The van der Waals surface area contributed by atoms with Crippen LogP contribution < -0.4 is 16.0 Å². The second kappa shape index (κ2) is 8.46. The molecule has 2 fully saturated rings. The first-order valence-corrected chi connectivity index (χ1v) is 11.6. The summed E-state index contributed by atoms with van der Waals surface area (Å²) >= 11 is 0. The van der Waals surface area contributed by atoms with E-state index in [1.165, 1.54) is 0 Å². The molecule has 0 aromatic heterocycles. The van der Waals surface area contributed by atoms with Crippen LogP contribution in [0.4, 0.5) is 11.4 Å². The highest BCUT2D eigenvalue weighted by atomic mass is 16.2. The number of guanidine groups is 1. The lowest BCUT2D eigenvalue weighted by atomic mass is 9.97. The Morgan fingerprint density at radius 1 is 1.12 bits per heavy atom. The first-order chi connectivity index (χ1) is 15.9. The summed E-state index contributed by atoms with van der Waals surface area (Å²) in [6.45, 7) is 2.54. The van der Waals surface area contributed by atoms with Crippen molar-refractivity contribution in [3.05, 3.63) is 59.2 Å². The molecule has 2 aromatic rings. The van der Waals surface area contributed by atoms with Crippen LogP contribution >= 0.6 is 0 Å². The van der Waals surface area contributed by atoms with Gasteiger partial charge < -0.3 is 5.32 Å². The number of hydrogen-bond donors (Lipinski definition) is 3. The summed E-state index contributed by atoms with van der Waals surface area (Å²) in [5.41, 5.74) is 4.32. The number of anilines is 2. The number of carbonyl (C=O) groups is 3. The molecule has 2 saturated carbocycles. The van der Waals surface area contributed by atoms with E-state index in [4.69, 9.17) is 0 Å². The van der Waals surface area contributed by atoms with Gasteiger partial charge in [0.25, 0.3) is 5.91 Å². The van der Waals surface area contributed by atoms with Gasteiger partial charge in [0.2, 0.25) is 11.9 Å². The predicted octanol–water partition coefficient (Wildman–Crippen LogP) is 4.29. The van der Waals surface area contributed by atoms with Gasteiger partial charge in [-0.05, 0) is 72.9 Å². The molecular weight excluding hydrogens is 416 g/mol. The Balaban J connectivity index is 1.32. The van der Waals surface area contributed by atoms with Gasteiger partial charge in [-0.15, -0.1) is 0 Å². The molecule has 0 saturated heterocycles. The van der Waals surface area contributed by atoms with E-state index in [2.05, 4.69) is 27.9 Å². The first kappa shape index (κ1) is 21.4. The number of carbonyl (C=O) groups excluding carboxylic acids is 3. The highest BCUT2D eigenvalue weighted by molar-refractivity contribution is 6.10. The zero-order valence-corrected chi connectivity index (χ0v) is 18.7. The van der Waals surface area contributed by atoms with Crippen LogP contribution in [-0.4, -0.2) is 30.1 Å². The van der Waals surface area contributed by atoms with Gasteiger partial charge in [-0.25, -0.2) is 0 Å². The molecule has 170 valence electrons. The van der Waals surface area contributed by atoms with Crippen molar-refractivity contribution >= 4 is 34.9 Å². The van der Waals surface area contributed by atoms with Crippen molar-refractivity contribution in [2.24, 2.45) is 10.4 Å². The van der Waals surface area contributed by atoms with E-state index in [0.29, 0.717) is 30.9 Å². The van der Waals surface area contributed by atoms with E-state index in [-0.39, 0.29) is 29.0 Å². The van der Waals surface area contributed by atoms with Gasteiger partial charge in [-0.1, -0.05) is 19.1 Å². The van der Waals surface area contributed by atoms with Crippen LogP contribution in [0.15, 0.2) is 47.5 Å². The summed E-state index contributed by atoms with van der Waals surface area (Å²) in [5.74, 6) is 0.349. The third kappa shape index (κ3) is 5.13. The lowest BCUT2D eigenvalue weighted by molar-refractivity contribution is -0.119. The summed E-state index contributed by atoms with van der Waals surface area (Å²) in [4.78, 5) is 41.1. The van der Waals surface area contributed by atoms with Crippen molar-refractivity contribution in [1.29, 1.82) is 0 Å². The standard InChI is InChI=1S/C26H28N4O3/c1-26(10-11-26)15-22(31)17-3-2-4-19(13-17)28-21-8-7-18(14-20(21)16-5-6-16)24(33)30-25-27-12-9-23(32)29-25/h2-4,7-8,13-14,16,28H,5-6,9-12,15H2,1H3,(H2,27,29,30,32,33). The van der Waals surface area contributed by atoms with Crippen LogP contribution in [-0.2, 0) is 4.79 Å². The van der Waals surface area contributed by atoms with Gasteiger partial charge in [0.15, 0.2) is 5.78 Å². The Bertz CT molecular complexity index is 1160. The van der Waals surface area contributed by atoms with Crippen LogP contribution in [0.3, 0.4) is 0 Å². The molecule has 0 atom stereocenters. The average molecular weight is 445 g/mol. The smallest absolute Gasteiger partial charge is 0.257 e. The summed E-state index contributed by atoms with van der Waals surface area (Å²) in [5, 5.41) is 8.72. The molecule has 3 N–H and O–H groups in total. The molecule has 7 heteroatoms. The van der Waals surface area contributed by atoms with Crippen LogP contribution in [0.25, 0.3) is 0 Å². The maximum absolute atomic E-state index is 12.7. The van der Waals surface area contributed by atoms with E-state index in [1.807, 2.05) is 36.4 Å². The molecule has 3 aliphatic rings. The SMILES string of the molecule is CC1(CC(=O)c2cccc(Nc3ccc(C(=O)NC4=NCCC(=O)N4)cc3C3CC3)c2)CC1. The summed E-state index contributed by atoms with van der Waals surface area (Å²) < 4.78 is 0. The molecule has 0 radical (unpaired) electrons. The number of aliphatic imine (C=N–C) groups is 1. The molecule has 0 bridgehead atoms. The molecule has 33 heavy (non-hydrogen) atoms. The minimum Gasteiger partial charge on any atom is -0.355 e. The zero-order valence-electron chi connectivity index (χ0n) is 18.7. The summed E-state index contributed by atoms with van der Waals surface area (Å²) in [6.07, 6.45) is 5.35. The largest absolute Gasteiger partial charge is 0.355 e. The van der Waals surface area contributed by atoms with Crippen LogP contribution in [0.5, 0.6) is 0 Å². The fourth-order valence-corrected chi connectivity index (χ4v) is 4.11. The number of hydrogen-bond acceptors (Lipinski definition) is 5. The van der Waals surface area contributed by atoms with Crippen molar-refractivity contribution in [2.45, 2.75) is 51.4 Å². The zero-order chi connectivity index (χ0) is 23.0. The van der Waals surface area contributed by atoms with Crippen LogP contribution in [0, 0.1) is 5.41 Å². The van der Waals surface area contributed by atoms with Crippen molar-refractivity contribution in [1.82, 2.24) is 10.6 Å². The number of amides is 2. The van der Waals surface area contributed by atoms with Crippen LogP contribution in [0.2, 0.25) is 0 Å². The van der Waals surface area contributed by atoms with Gasteiger partial charge in [0, 0.05) is 35.3 Å². The highest BCUT2D eigenvalue weighted by Gasteiger charge is 2.39.